The lowest BCUT2D eigenvalue weighted by Crippen LogP contribution is -2.22. The van der Waals surface area contributed by atoms with Crippen LogP contribution in [0.25, 0.3) is 0 Å². The molecule has 0 saturated carbocycles. The Balaban J connectivity index is 1.55. The summed E-state index contributed by atoms with van der Waals surface area (Å²) in [5.74, 6) is -0.228. The van der Waals surface area contributed by atoms with Crippen LogP contribution in [0, 0.1) is 0 Å². The largest absolute Gasteiger partial charge is 0.372 e. The van der Waals surface area contributed by atoms with E-state index in [1.807, 2.05) is 28.8 Å². The molecule has 0 spiro atoms. The third kappa shape index (κ3) is 5.07. The van der Waals surface area contributed by atoms with Crippen LogP contribution in [0.15, 0.2) is 42.5 Å². The molecule has 0 radical (unpaired) electrons. The number of rotatable bonds is 6. The van der Waals surface area contributed by atoms with Gasteiger partial charge >= 0.3 is 0 Å². The van der Waals surface area contributed by atoms with Gasteiger partial charge in [-0.1, -0.05) is 35.3 Å². The predicted octanol–water partition coefficient (Wildman–Crippen LogP) is 4.64. The molecule has 1 fully saturated rings. The van der Waals surface area contributed by atoms with Crippen molar-refractivity contribution in [1.29, 1.82) is 0 Å². The average Bonchev–Trinajstić information content (AvgIpc) is 3.12. The first-order valence-electron chi connectivity index (χ1n) is 8.53. The van der Waals surface area contributed by atoms with Gasteiger partial charge < -0.3 is 10.1 Å². The number of benzene rings is 2. The monoisotopic (exact) mass is 391 g/mol. The van der Waals surface area contributed by atoms with Crippen molar-refractivity contribution in [1.82, 2.24) is 0 Å². The van der Waals surface area contributed by atoms with Crippen LogP contribution in [-0.2, 0) is 11.3 Å². The van der Waals surface area contributed by atoms with Crippen LogP contribution in [0.1, 0.15) is 28.8 Å². The van der Waals surface area contributed by atoms with Crippen molar-refractivity contribution in [3.63, 3.8) is 0 Å². The zero-order valence-corrected chi connectivity index (χ0v) is 15.9. The van der Waals surface area contributed by atoms with Crippen LogP contribution >= 0.6 is 23.2 Å². The lowest BCUT2D eigenvalue weighted by molar-refractivity contribution is -0.543. The Morgan fingerprint density at radius 1 is 1.19 bits per heavy atom. The van der Waals surface area contributed by atoms with Crippen molar-refractivity contribution in [2.75, 3.05) is 18.5 Å². The number of nitrogens with zero attached hydrogens (tertiary/aromatic N) is 1. The van der Waals surface area contributed by atoms with Crippen LogP contribution < -0.4 is 5.32 Å². The Kier molecular flexibility index (Phi) is 6.30. The van der Waals surface area contributed by atoms with Gasteiger partial charge in [0.25, 0.3) is 5.91 Å². The SMILES string of the molecule is C=[N+](Cc1ccc(NC(=O)c2ccc(Cl)c(Cl)c2)cc1)C[C@@H]1CCCO1. The van der Waals surface area contributed by atoms with Gasteiger partial charge in [-0.05, 0) is 43.2 Å². The first kappa shape index (κ1) is 18.9. The molecule has 1 saturated heterocycles. The van der Waals surface area contributed by atoms with Crippen molar-refractivity contribution in [3.05, 3.63) is 63.6 Å². The fraction of sp³-hybridized carbons (Fsp3) is 0.300. The van der Waals surface area contributed by atoms with Crippen LogP contribution in [0.4, 0.5) is 5.69 Å². The molecule has 0 bridgehead atoms. The van der Waals surface area contributed by atoms with Crippen molar-refractivity contribution in [2.45, 2.75) is 25.5 Å². The minimum absolute atomic E-state index is 0.228. The van der Waals surface area contributed by atoms with E-state index in [2.05, 4.69) is 12.0 Å². The Morgan fingerprint density at radius 2 is 1.96 bits per heavy atom. The van der Waals surface area contributed by atoms with E-state index in [4.69, 9.17) is 27.9 Å². The molecule has 6 heteroatoms. The number of halogens is 2. The summed E-state index contributed by atoms with van der Waals surface area (Å²) in [4.78, 5) is 12.3. The zero-order chi connectivity index (χ0) is 18.5. The maximum absolute atomic E-state index is 12.3. The molecule has 2 aromatic rings. The van der Waals surface area contributed by atoms with Crippen LogP contribution in [0.2, 0.25) is 10.0 Å². The molecule has 1 aliphatic heterocycles. The maximum Gasteiger partial charge on any atom is 0.255 e. The van der Waals surface area contributed by atoms with Crippen LogP contribution in [0.5, 0.6) is 0 Å². The van der Waals surface area contributed by atoms with Crippen LogP contribution in [0.3, 0.4) is 0 Å². The minimum atomic E-state index is -0.228. The molecule has 2 aromatic carbocycles. The lowest BCUT2D eigenvalue weighted by atomic mass is 10.1. The minimum Gasteiger partial charge on any atom is -0.372 e. The van der Waals surface area contributed by atoms with Gasteiger partial charge in [0.1, 0.15) is 12.8 Å². The second-order valence-electron chi connectivity index (χ2n) is 6.43. The highest BCUT2D eigenvalue weighted by Gasteiger charge is 2.20. The normalized spacial score (nSPS) is 16.5. The number of nitrogens with one attached hydrogen (secondary N) is 1. The Bertz CT molecular complexity index is 800. The fourth-order valence-electron chi connectivity index (χ4n) is 2.93. The summed E-state index contributed by atoms with van der Waals surface area (Å²) in [5, 5.41) is 3.64. The highest BCUT2D eigenvalue weighted by atomic mass is 35.5. The molecule has 1 aliphatic rings. The summed E-state index contributed by atoms with van der Waals surface area (Å²) in [6.07, 6.45) is 2.52. The molecule has 136 valence electrons. The summed E-state index contributed by atoms with van der Waals surface area (Å²) in [6, 6.07) is 12.5. The Hall–Kier alpha value is -1.88. The summed E-state index contributed by atoms with van der Waals surface area (Å²) < 4.78 is 7.65. The lowest BCUT2D eigenvalue weighted by Gasteiger charge is -2.09. The zero-order valence-electron chi connectivity index (χ0n) is 14.4. The smallest absolute Gasteiger partial charge is 0.255 e. The number of anilines is 1. The van der Waals surface area contributed by atoms with E-state index in [1.165, 1.54) is 0 Å². The van der Waals surface area contributed by atoms with E-state index in [-0.39, 0.29) is 12.0 Å². The first-order chi connectivity index (χ1) is 12.5. The van der Waals surface area contributed by atoms with Crippen molar-refractivity contribution in [3.8, 4) is 0 Å². The molecule has 0 unspecified atom stereocenters. The number of amides is 1. The van der Waals surface area contributed by atoms with E-state index in [0.29, 0.717) is 15.6 Å². The van der Waals surface area contributed by atoms with E-state index in [9.17, 15) is 4.79 Å². The molecule has 26 heavy (non-hydrogen) atoms. The molecular formula is C20H21Cl2N2O2+. The van der Waals surface area contributed by atoms with Crippen LogP contribution in [-0.4, -0.2) is 36.5 Å². The van der Waals surface area contributed by atoms with E-state index in [1.54, 1.807) is 18.2 Å². The molecule has 1 heterocycles. The highest BCUT2D eigenvalue weighted by Crippen LogP contribution is 2.23. The molecule has 3 rings (SSSR count). The summed E-state index contributed by atoms with van der Waals surface area (Å²) in [6.45, 7) is 6.50. The summed E-state index contributed by atoms with van der Waals surface area (Å²) in [7, 11) is 0. The third-order valence-electron chi connectivity index (χ3n) is 4.29. The predicted molar refractivity (Wildman–Crippen MR) is 106 cm³/mol. The van der Waals surface area contributed by atoms with Gasteiger partial charge in [-0.25, -0.2) is 4.58 Å². The van der Waals surface area contributed by atoms with E-state index in [0.717, 1.165) is 43.8 Å². The van der Waals surface area contributed by atoms with E-state index < -0.39 is 0 Å². The Labute approximate surface area is 163 Å². The molecule has 1 amide bonds. The van der Waals surface area contributed by atoms with Gasteiger partial charge in [-0.3, -0.25) is 4.79 Å². The number of hydrogen-bond donors (Lipinski definition) is 1. The third-order valence-corrected chi connectivity index (χ3v) is 5.02. The first-order valence-corrected chi connectivity index (χ1v) is 9.29. The molecule has 4 nitrogen and oxygen atoms in total. The van der Waals surface area contributed by atoms with Gasteiger partial charge in [0.2, 0.25) is 0 Å². The van der Waals surface area contributed by atoms with Crippen molar-refractivity contribution < 1.29 is 14.1 Å². The van der Waals surface area contributed by atoms with Crippen molar-refractivity contribution in [2.24, 2.45) is 0 Å². The number of hydrogen-bond acceptors (Lipinski definition) is 2. The second-order valence-corrected chi connectivity index (χ2v) is 7.24. The van der Waals surface area contributed by atoms with Gasteiger partial charge in [0.15, 0.2) is 13.1 Å². The molecule has 0 aromatic heterocycles. The fourth-order valence-corrected chi connectivity index (χ4v) is 3.23. The summed E-state index contributed by atoms with van der Waals surface area (Å²) >= 11 is 11.8. The number of ether oxygens (including phenoxy) is 1. The van der Waals surface area contributed by atoms with Gasteiger partial charge in [0, 0.05) is 23.4 Å². The Morgan fingerprint density at radius 3 is 2.62 bits per heavy atom. The number of carbonyl (C=O) groups is 1. The highest BCUT2D eigenvalue weighted by molar-refractivity contribution is 6.42. The standard InChI is InChI=1S/C20H20Cl2N2O2/c1-24(13-17-3-2-10-26-17)12-14-4-7-16(8-5-14)23-20(25)15-6-9-18(21)19(22)11-15/h4-9,11,17H,1-3,10,12-13H2/p+1/t17-/m0/s1. The van der Waals surface area contributed by atoms with Gasteiger partial charge in [0.05, 0.1) is 10.0 Å². The summed E-state index contributed by atoms with van der Waals surface area (Å²) in [5.41, 5.74) is 2.31. The quantitative estimate of drug-likeness (QED) is 0.575. The molecule has 0 aliphatic carbocycles. The molecule has 1 atom stereocenters. The van der Waals surface area contributed by atoms with Gasteiger partial charge in [-0.15, -0.1) is 0 Å². The topological polar surface area (TPSA) is 41.3 Å². The molecule has 1 N–H and O–H groups in total. The second kappa shape index (κ2) is 8.67. The van der Waals surface area contributed by atoms with E-state index >= 15 is 0 Å². The van der Waals surface area contributed by atoms with Gasteiger partial charge in [-0.2, -0.15) is 0 Å². The van der Waals surface area contributed by atoms with Crippen molar-refractivity contribution >= 4 is 41.5 Å². The maximum atomic E-state index is 12.3. The number of carbonyl (C=O) groups excluding carboxylic acids is 1. The average molecular weight is 392 g/mol. The molecular weight excluding hydrogens is 371 g/mol.